The Morgan fingerprint density at radius 2 is 1.86 bits per heavy atom. The van der Waals surface area contributed by atoms with E-state index in [1.54, 1.807) is 18.2 Å². The minimum Gasteiger partial charge on any atom is -0.476 e. The number of fused-ring (bicyclic) bond motifs is 1. The third kappa shape index (κ3) is 5.52. The summed E-state index contributed by atoms with van der Waals surface area (Å²) in [6.45, 7) is 0.472. The molecule has 1 aliphatic heterocycles. The Morgan fingerprint density at radius 3 is 2.54 bits per heavy atom. The zero-order valence-electron chi connectivity index (χ0n) is 18.6. The van der Waals surface area contributed by atoms with E-state index in [2.05, 4.69) is 10.3 Å². The van der Waals surface area contributed by atoms with Gasteiger partial charge in [-0.05, 0) is 48.0 Å². The first-order valence-electron chi connectivity index (χ1n) is 10.7. The molecule has 0 spiro atoms. The number of aliphatic hydroxyl groups excluding tert-OH is 1. The molecule has 10 nitrogen and oxygen atoms in total. The second-order valence-electron chi connectivity index (χ2n) is 7.51. The van der Waals surface area contributed by atoms with Gasteiger partial charge in [-0.15, -0.1) is 0 Å². The zero-order valence-corrected chi connectivity index (χ0v) is 18.6. The second-order valence-corrected chi connectivity index (χ2v) is 7.51. The SMILES string of the molecule is NCCO.O=C1CC(c2cccc(-c3nc(C(=O)O)co3)c2)=Nc2ccc(-n3cccc3)cc2N1. The highest BCUT2D eigenvalue weighted by molar-refractivity contribution is 6.17. The summed E-state index contributed by atoms with van der Waals surface area (Å²) in [5, 5.41) is 19.7. The van der Waals surface area contributed by atoms with Gasteiger partial charge >= 0.3 is 5.97 Å². The van der Waals surface area contributed by atoms with E-state index in [-0.39, 0.29) is 30.5 Å². The maximum absolute atomic E-state index is 12.6. The van der Waals surface area contributed by atoms with Crippen LogP contribution in [0.1, 0.15) is 22.5 Å². The number of carboxylic acids is 1. The first-order chi connectivity index (χ1) is 17.0. The monoisotopic (exact) mass is 473 g/mol. The van der Waals surface area contributed by atoms with Crippen LogP contribution in [0.2, 0.25) is 0 Å². The number of aromatic nitrogens is 2. The van der Waals surface area contributed by atoms with E-state index in [0.29, 0.717) is 29.2 Å². The molecule has 0 aliphatic carbocycles. The molecule has 1 aliphatic rings. The number of aliphatic imine (C=N–C) groups is 1. The molecule has 2 aromatic heterocycles. The molecule has 0 saturated carbocycles. The molecule has 1 amide bonds. The fourth-order valence-electron chi connectivity index (χ4n) is 3.42. The summed E-state index contributed by atoms with van der Waals surface area (Å²) in [5.74, 6) is -1.14. The summed E-state index contributed by atoms with van der Waals surface area (Å²) in [6.07, 6.45) is 5.06. The van der Waals surface area contributed by atoms with Crippen molar-refractivity contribution in [1.29, 1.82) is 0 Å². The van der Waals surface area contributed by atoms with Crippen molar-refractivity contribution in [3.63, 3.8) is 0 Å². The first kappa shape index (κ1) is 23.6. The van der Waals surface area contributed by atoms with Gasteiger partial charge in [0.1, 0.15) is 6.26 Å². The van der Waals surface area contributed by atoms with Crippen LogP contribution in [0.5, 0.6) is 0 Å². The highest BCUT2D eigenvalue weighted by Gasteiger charge is 2.19. The van der Waals surface area contributed by atoms with Crippen LogP contribution in [0.15, 0.2) is 82.7 Å². The third-order valence-corrected chi connectivity index (χ3v) is 5.04. The van der Waals surface area contributed by atoms with Crippen LogP contribution in [0.3, 0.4) is 0 Å². The lowest BCUT2D eigenvalue weighted by Gasteiger charge is -2.08. The number of carbonyl (C=O) groups is 2. The lowest BCUT2D eigenvalue weighted by molar-refractivity contribution is -0.115. The maximum Gasteiger partial charge on any atom is 0.357 e. The highest BCUT2D eigenvalue weighted by Crippen LogP contribution is 2.32. The Morgan fingerprint density at radius 1 is 1.11 bits per heavy atom. The average Bonchev–Trinajstić information content (AvgIpc) is 3.55. The molecule has 10 heteroatoms. The third-order valence-electron chi connectivity index (χ3n) is 5.04. The van der Waals surface area contributed by atoms with Gasteiger partial charge in [-0.1, -0.05) is 12.1 Å². The molecule has 35 heavy (non-hydrogen) atoms. The number of nitrogens with two attached hydrogens (primary N) is 1. The van der Waals surface area contributed by atoms with Crippen molar-refractivity contribution in [2.75, 3.05) is 18.5 Å². The predicted molar refractivity (Wildman–Crippen MR) is 130 cm³/mol. The van der Waals surface area contributed by atoms with Crippen LogP contribution < -0.4 is 11.1 Å². The van der Waals surface area contributed by atoms with Crippen molar-refractivity contribution in [3.8, 4) is 17.1 Å². The molecule has 178 valence electrons. The van der Waals surface area contributed by atoms with Crippen molar-refractivity contribution in [1.82, 2.24) is 9.55 Å². The van der Waals surface area contributed by atoms with E-state index in [0.717, 1.165) is 17.5 Å². The molecular weight excluding hydrogens is 450 g/mol. The highest BCUT2D eigenvalue weighted by atomic mass is 16.4. The lowest BCUT2D eigenvalue weighted by atomic mass is 10.0. The fourth-order valence-corrected chi connectivity index (χ4v) is 3.42. The van der Waals surface area contributed by atoms with Crippen molar-refractivity contribution in [2.45, 2.75) is 6.42 Å². The number of hydrogen-bond acceptors (Lipinski definition) is 7. The van der Waals surface area contributed by atoms with Crippen molar-refractivity contribution >= 4 is 29.0 Å². The molecule has 5 N–H and O–H groups in total. The Labute approximate surface area is 200 Å². The topological polar surface area (TPSA) is 156 Å². The number of nitrogens with one attached hydrogen (secondary N) is 1. The normalized spacial score (nSPS) is 12.5. The van der Waals surface area contributed by atoms with E-state index >= 15 is 0 Å². The smallest absolute Gasteiger partial charge is 0.357 e. The Bertz CT molecular complexity index is 1370. The summed E-state index contributed by atoms with van der Waals surface area (Å²) >= 11 is 0. The molecule has 0 atom stereocenters. The minimum absolute atomic E-state index is 0.0972. The number of carbonyl (C=O) groups excluding carboxylic acids is 1. The second kappa shape index (κ2) is 10.6. The predicted octanol–water partition coefficient (Wildman–Crippen LogP) is 3.23. The Hall–Kier alpha value is -4.54. The molecular formula is C25H23N5O5. The number of oxazole rings is 1. The standard InChI is InChI=1S/C23H16N4O4.C2H7NO/c28-21-12-18(14-4-3-5-15(10-14)22-26-20(13-31-22)23(29)30)24-17-7-6-16(11-19(17)25-21)27-8-1-2-9-27;3-1-2-4/h1-11,13H,12H2,(H,25,28)(H,29,30);4H,1-3H2. The van der Waals surface area contributed by atoms with Gasteiger partial charge < -0.3 is 30.2 Å². The largest absolute Gasteiger partial charge is 0.476 e. The molecule has 4 aromatic rings. The van der Waals surface area contributed by atoms with Gasteiger partial charge in [0.05, 0.1) is 30.1 Å². The number of carboxylic acid groups (broad SMARTS) is 1. The number of hydrogen-bond donors (Lipinski definition) is 4. The molecule has 2 aromatic carbocycles. The van der Waals surface area contributed by atoms with Crippen molar-refractivity contribution in [2.24, 2.45) is 10.7 Å². The van der Waals surface area contributed by atoms with Crippen molar-refractivity contribution in [3.05, 3.63) is 84.5 Å². The van der Waals surface area contributed by atoms with E-state index in [4.69, 9.17) is 25.4 Å². The first-order valence-corrected chi connectivity index (χ1v) is 10.7. The van der Waals surface area contributed by atoms with Crippen LogP contribution in [-0.4, -0.2) is 50.5 Å². The van der Waals surface area contributed by atoms with Crippen molar-refractivity contribution < 1.29 is 24.2 Å². The Kier molecular flexibility index (Phi) is 7.15. The number of rotatable bonds is 5. The van der Waals surface area contributed by atoms with Gasteiger partial charge in [-0.3, -0.25) is 9.79 Å². The Balaban J connectivity index is 0.000000672. The molecule has 0 bridgehead atoms. The van der Waals surface area contributed by atoms with Gasteiger partial charge in [-0.2, -0.15) is 0 Å². The van der Waals surface area contributed by atoms with Crippen LogP contribution in [0.4, 0.5) is 11.4 Å². The minimum atomic E-state index is -1.16. The van der Waals surface area contributed by atoms with E-state index in [1.165, 1.54) is 0 Å². The van der Waals surface area contributed by atoms with Gasteiger partial charge in [0.25, 0.3) is 0 Å². The van der Waals surface area contributed by atoms with Gasteiger partial charge in [0.2, 0.25) is 11.8 Å². The molecule has 3 heterocycles. The lowest BCUT2D eigenvalue weighted by Crippen LogP contribution is -2.15. The van der Waals surface area contributed by atoms with Crippen LogP contribution in [0.25, 0.3) is 17.1 Å². The number of anilines is 1. The summed E-state index contributed by atoms with van der Waals surface area (Å²) in [6, 6.07) is 16.7. The number of aromatic carboxylic acids is 1. The van der Waals surface area contributed by atoms with Crippen LogP contribution in [0, 0.1) is 0 Å². The van der Waals surface area contributed by atoms with Gasteiger partial charge in [-0.25, -0.2) is 9.78 Å². The number of benzene rings is 2. The average molecular weight is 473 g/mol. The maximum atomic E-state index is 12.6. The quantitative estimate of drug-likeness (QED) is 0.347. The van der Waals surface area contributed by atoms with E-state index < -0.39 is 5.97 Å². The van der Waals surface area contributed by atoms with Gasteiger partial charge in [0.15, 0.2) is 5.69 Å². The fraction of sp³-hybridized carbons (Fsp3) is 0.120. The number of amides is 1. The summed E-state index contributed by atoms with van der Waals surface area (Å²) in [7, 11) is 0. The molecule has 0 radical (unpaired) electrons. The van der Waals surface area contributed by atoms with Gasteiger partial charge in [0, 0.05) is 30.2 Å². The van der Waals surface area contributed by atoms with E-state index in [1.807, 2.05) is 53.4 Å². The molecule has 0 saturated heterocycles. The number of aliphatic hydroxyl groups is 1. The molecule has 0 unspecified atom stereocenters. The molecule has 0 fully saturated rings. The summed E-state index contributed by atoms with van der Waals surface area (Å²) < 4.78 is 7.24. The van der Waals surface area contributed by atoms with Crippen LogP contribution >= 0.6 is 0 Å². The van der Waals surface area contributed by atoms with E-state index in [9.17, 15) is 9.59 Å². The van der Waals surface area contributed by atoms with Crippen LogP contribution in [-0.2, 0) is 4.79 Å². The molecule has 5 rings (SSSR count). The zero-order chi connectivity index (χ0) is 24.8. The summed E-state index contributed by atoms with van der Waals surface area (Å²) in [5.41, 5.74) is 8.75. The summed E-state index contributed by atoms with van der Waals surface area (Å²) in [4.78, 5) is 32.3. The number of nitrogens with zero attached hydrogens (tertiary/aromatic N) is 3.